The molecule has 0 spiro atoms. The fourth-order valence-corrected chi connectivity index (χ4v) is 1.94. The van der Waals surface area contributed by atoms with Gasteiger partial charge in [0.25, 0.3) is 5.91 Å². The molecule has 11 heteroatoms. The van der Waals surface area contributed by atoms with Gasteiger partial charge in [-0.1, -0.05) is 17.0 Å². The van der Waals surface area contributed by atoms with Crippen LogP contribution in [0.15, 0.2) is 11.4 Å². The molecule has 0 unspecified atom stereocenters. The first-order valence-electron chi connectivity index (χ1n) is 4.97. The number of thioether (sulfide) groups is 1. The number of carbonyl (C=O) groups excluding carboxylic acids is 1. The van der Waals surface area contributed by atoms with Gasteiger partial charge >= 0.3 is 0 Å². The average molecular weight is 269 g/mol. The summed E-state index contributed by atoms with van der Waals surface area (Å²) in [5.41, 5.74) is 2.17. The lowest BCUT2D eigenvalue weighted by Gasteiger charge is -1.99. The molecular formula is C7H11N9OS. The Bertz CT molecular complexity index is 535. The minimum Gasteiger partial charge on any atom is -0.289 e. The minimum atomic E-state index is -0.466. The van der Waals surface area contributed by atoms with E-state index in [1.807, 2.05) is 5.43 Å². The summed E-state index contributed by atoms with van der Waals surface area (Å²) in [6, 6.07) is 0. The Labute approximate surface area is 106 Å². The SMILES string of the molecule is Cn1nnnc1SCCn1cc(C(=O)NN)nn1. The predicted octanol–water partition coefficient (Wildman–Crippen LogP) is -1.80. The van der Waals surface area contributed by atoms with Gasteiger partial charge in [-0.15, -0.1) is 10.2 Å². The number of hydrogen-bond donors (Lipinski definition) is 2. The van der Waals surface area contributed by atoms with Crippen molar-refractivity contribution in [3.05, 3.63) is 11.9 Å². The Kier molecular flexibility index (Phi) is 3.84. The molecule has 0 aliphatic heterocycles. The van der Waals surface area contributed by atoms with E-state index in [0.29, 0.717) is 12.3 Å². The molecule has 96 valence electrons. The first kappa shape index (κ1) is 12.4. The molecule has 2 rings (SSSR count). The van der Waals surface area contributed by atoms with Gasteiger partial charge in [-0.2, -0.15) is 0 Å². The van der Waals surface area contributed by atoms with Crippen LogP contribution in [-0.2, 0) is 13.6 Å². The van der Waals surface area contributed by atoms with Crippen molar-refractivity contribution in [2.45, 2.75) is 11.7 Å². The summed E-state index contributed by atoms with van der Waals surface area (Å²) in [7, 11) is 1.77. The van der Waals surface area contributed by atoms with Crippen LogP contribution in [0.25, 0.3) is 0 Å². The van der Waals surface area contributed by atoms with E-state index in [4.69, 9.17) is 5.84 Å². The number of aryl methyl sites for hydroxylation is 2. The second-order valence-electron chi connectivity index (χ2n) is 3.27. The van der Waals surface area contributed by atoms with Crippen molar-refractivity contribution in [1.82, 2.24) is 40.6 Å². The maximum atomic E-state index is 11.1. The van der Waals surface area contributed by atoms with Crippen molar-refractivity contribution in [1.29, 1.82) is 0 Å². The van der Waals surface area contributed by atoms with Gasteiger partial charge in [0.15, 0.2) is 5.69 Å². The van der Waals surface area contributed by atoms with Gasteiger partial charge in [0.2, 0.25) is 5.16 Å². The molecule has 0 bridgehead atoms. The van der Waals surface area contributed by atoms with Crippen LogP contribution < -0.4 is 11.3 Å². The zero-order chi connectivity index (χ0) is 13.0. The van der Waals surface area contributed by atoms with Gasteiger partial charge in [-0.05, 0) is 10.4 Å². The third kappa shape index (κ3) is 2.81. The summed E-state index contributed by atoms with van der Waals surface area (Å²) < 4.78 is 3.14. The quantitative estimate of drug-likeness (QED) is 0.281. The molecule has 10 nitrogen and oxygen atoms in total. The third-order valence-corrected chi connectivity index (χ3v) is 3.03. The number of amides is 1. The number of tetrazole rings is 1. The molecule has 0 radical (unpaired) electrons. The van der Waals surface area contributed by atoms with Crippen molar-refractivity contribution < 1.29 is 4.79 Å². The highest BCUT2D eigenvalue weighted by atomic mass is 32.2. The van der Waals surface area contributed by atoms with E-state index in [1.54, 1.807) is 16.4 Å². The van der Waals surface area contributed by atoms with Gasteiger partial charge in [0.1, 0.15) is 0 Å². The van der Waals surface area contributed by atoms with Crippen LogP contribution in [0, 0.1) is 0 Å². The number of hydrazine groups is 1. The van der Waals surface area contributed by atoms with E-state index in [2.05, 4.69) is 25.8 Å². The smallest absolute Gasteiger partial charge is 0.287 e. The number of nitrogens with one attached hydrogen (secondary N) is 1. The Hall–Kier alpha value is -2.01. The normalized spacial score (nSPS) is 10.6. The molecule has 0 atom stereocenters. The number of nitrogen functional groups attached to an aromatic ring is 1. The van der Waals surface area contributed by atoms with Crippen molar-refractivity contribution in [2.75, 3.05) is 5.75 Å². The van der Waals surface area contributed by atoms with E-state index in [-0.39, 0.29) is 5.69 Å². The number of nitrogens with two attached hydrogens (primary N) is 1. The number of rotatable bonds is 5. The van der Waals surface area contributed by atoms with Gasteiger partial charge in [-0.25, -0.2) is 10.5 Å². The number of aromatic nitrogens is 7. The molecule has 18 heavy (non-hydrogen) atoms. The Balaban J connectivity index is 1.85. The van der Waals surface area contributed by atoms with Crippen LogP contribution in [0.2, 0.25) is 0 Å². The average Bonchev–Trinajstić information content (AvgIpc) is 2.99. The molecule has 0 aliphatic rings. The van der Waals surface area contributed by atoms with Crippen LogP contribution in [0.4, 0.5) is 0 Å². The summed E-state index contributed by atoms with van der Waals surface area (Å²) in [6.07, 6.45) is 1.53. The molecule has 2 aromatic heterocycles. The van der Waals surface area contributed by atoms with Gasteiger partial charge in [0, 0.05) is 12.8 Å². The highest BCUT2D eigenvalue weighted by molar-refractivity contribution is 7.99. The van der Waals surface area contributed by atoms with Gasteiger partial charge in [-0.3, -0.25) is 14.9 Å². The minimum absolute atomic E-state index is 0.183. The highest BCUT2D eigenvalue weighted by Crippen LogP contribution is 2.12. The largest absolute Gasteiger partial charge is 0.289 e. The van der Waals surface area contributed by atoms with E-state index in [0.717, 1.165) is 5.16 Å². The van der Waals surface area contributed by atoms with Crippen LogP contribution in [-0.4, -0.2) is 46.9 Å². The Morgan fingerprint density at radius 1 is 1.50 bits per heavy atom. The summed E-state index contributed by atoms with van der Waals surface area (Å²) in [4.78, 5) is 11.1. The van der Waals surface area contributed by atoms with Crippen LogP contribution >= 0.6 is 11.8 Å². The highest BCUT2D eigenvalue weighted by Gasteiger charge is 2.09. The monoisotopic (exact) mass is 269 g/mol. The Morgan fingerprint density at radius 3 is 3.00 bits per heavy atom. The van der Waals surface area contributed by atoms with Crippen LogP contribution in [0.3, 0.4) is 0 Å². The molecule has 0 aromatic carbocycles. The third-order valence-electron chi connectivity index (χ3n) is 2.04. The molecule has 2 aromatic rings. The molecule has 3 N–H and O–H groups in total. The molecule has 1 amide bonds. The fourth-order valence-electron chi connectivity index (χ4n) is 1.16. The lowest BCUT2D eigenvalue weighted by molar-refractivity contribution is 0.0948. The Morgan fingerprint density at radius 2 is 2.33 bits per heavy atom. The lowest BCUT2D eigenvalue weighted by Crippen LogP contribution is -2.30. The van der Waals surface area contributed by atoms with Crippen molar-refractivity contribution in [3.8, 4) is 0 Å². The van der Waals surface area contributed by atoms with E-state index >= 15 is 0 Å². The second kappa shape index (κ2) is 5.55. The first-order valence-corrected chi connectivity index (χ1v) is 5.95. The van der Waals surface area contributed by atoms with Crippen molar-refractivity contribution >= 4 is 17.7 Å². The van der Waals surface area contributed by atoms with Crippen molar-refractivity contribution in [3.63, 3.8) is 0 Å². The summed E-state index contributed by atoms with van der Waals surface area (Å²) in [5, 5.41) is 19.3. The fraction of sp³-hybridized carbons (Fsp3) is 0.429. The van der Waals surface area contributed by atoms with E-state index in [9.17, 15) is 4.79 Å². The molecule has 0 aliphatic carbocycles. The topological polar surface area (TPSA) is 129 Å². The van der Waals surface area contributed by atoms with E-state index in [1.165, 1.54) is 18.0 Å². The second-order valence-corrected chi connectivity index (χ2v) is 4.34. The first-order chi connectivity index (χ1) is 8.70. The number of hydrogen-bond acceptors (Lipinski definition) is 8. The molecule has 2 heterocycles. The summed E-state index contributed by atoms with van der Waals surface area (Å²) in [5.74, 6) is 5.23. The van der Waals surface area contributed by atoms with Gasteiger partial charge < -0.3 is 0 Å². The van der Waals surface area contributed by atoms with Crippen LogP contribution in [0.5, 0.6) is 0 Å². The molecule has 0 fully saturated rings. The molecule has 0 saturated carbocycles. The predicted molar refractivity (Wildman–Crippen MR) is 61.2 cm³/mol. The van der Waals surface area contributed by atoms with E-state index < -0.39 is 5.91 Å². The summed E-state index contributed by atoms with van der Waals surface area (Å²) >= 11 is 1.48. The maximum Gasteiger partial charge on any atom is 0.287 e. The molecule has 0 saturated heterocycles. The number of carbonyl (C=O) groups is 1. The number of nitrogens with zero attached hydrogens (tertiary/aromatic N) is 7. The zero-order valence-electron chi connectivity index (χ0n) is 9.52. The lowest BCUT2D eigenvalue weighted by atomic mass is 10.5. The maximum absolute atomic E-state index is 11.1. The van der Waals surface area contributed by atoms with Crippen LogP contribution in [0.1, 0.15) is 10.5 Å². The van der Waals surface area contributed by atoms with Crippen molar-refractivity contribution in [2.24, 2.45) is 12.9 Å². The summed E-state index contributed by atoms with van der Waals surface area (Å²) in [6.45, 7) is 0.586. The zero-order valence-corrected chi connectivity index (χ0v) is 10.3. The van der Waals surface area contributed by atoms with Gasteiger partial charge in [0.05, 0.1) is 12.7 Å². The molecular weight excluding hydrogens is 258 g/mol. The standard InChI is InChI=1S/C7H11N9OS/c1-15-7(11-12-14-15)18-3-2-16-4-5(10-13-16)6(17)9-8/h4H,2-3,8H2,1H3,(H,9,17).